The summed E-state index contributed by atoms with van der Waals surface area (Å²) in [6, 6.07) is 30.3. The molecular weight excluding hydrogens is 422 g/mol. The monoisotopic (exact) mass is 449 g/mol. The van der Waals surface area contributed by atoms with Crippen molar-refractivity contribution in [2.45, 2.75) is 32.0 Å². The highest BCUT2D eigenvalue weighted by atomic mass is 16.6. The summed E-state index contributed by atoms with van der Waals surface area (Å²) in [6.07, 6.45) is 3.68. The van der Waals surface area contributed by atoms with Gasteiger partial charge in [-0.1, -0.05) is 84.9 Å². The molecular formula is C30H27NO3. The summed E-state index contributed by atoms with van der Waals surface area (Å²) in [6.45, 7) is 5.53. The summed E-state index contributed by atoms with van der Waals surface area (Å²) in [5, 5.41) is 5.00. The van der Waals surface area contributed by atoms with Crippen molar-refractivity contribution in [1.29, 1.82) is 0 Å². The molecule has 0 fully saturated rings. The van der Waals surface area contributed by atoms with Gasteiger partial charge in [0, 0.05) is 16.7 Å². The number of ether oxygens (including phenoxy) is 2. The quantitative estimate of drug-likeness (QED) is 0.351. The van der Waals surface area contributed by atoms with Crippen molar-refractivity contribution in [3.63, 3.8) is 0 Å². The first-order chi connectivity index (χ1) is 16.4. The molecule has 0 aliphatic carbocycles. The fourth-order valence-electron chi connectivity index (χ4n) is 4.38. The third kappa shape index (κ3) is 4.03. The summed E-state index contributed by atoms with van der Waals surface area (Å²) < 4.78 is 12.4. The number of hydrogen-bond donors (Lipinski definition) is 1. The Hall–Kier alpha value is -4.05. The zero-order valence-corrected chi connectivity index (χ0v) is 19.5. The van der Waals surface area contributed by atoms with Crippen LogP contribution in [-0.4, -0.2) is 11.7 Å². The molecule has 1 heterocycles. The highest BCUT2D eigenvalue weighted by Crippen LogP contribution is 2.47. The van der Waals surface area contributed by atoms with E-state index in [1.165, 1.54) is 0 Å². The molecule has 1 aliphatic rings. The number of nitrogens with one attached hydrogen (secondary N) is 1. The van der Waals surface area contributed by atoms with E-state index in [0.717, 1.165) is 27.5 Å². The van der Waals surface area contributed by atoms with Crippen LogP contribution in [0.15, 0.2) is 97.1 Å². The Labute approximate surface area is 199 Å². The van der Waals surface area contributed by atoms with Gasteiger partial charge in [0.05, 0.1) is 5.69 Å². The number of rotatable bonds is 3. The Bertz CT molecular complexity index is 1330. The summed E-state index contributed by atoms with van der Waals surface area (Å²) >= 11 is 0. The maximum absolute atomic E-state index is 12.7. The van der Waals surface area contributed by atoms with Crippen molar-refractivity contribution in [2.24, 2.45) is 0 Å². The van der Waals surface area contributed by atoms with Crippen molar-refractivity contribution in [1.82, 2.24) is 0 Å². The molecule has 0 bridgehead atoms. The summed E-state index contributed by atoms with van der Waals surface area (Å²) in [7, 11) is 0. The zero-order valence-electron chi connectivity index (χ0n) is 19.5. The van der Waals surface area contributed by atoms with Gasteiger partial charge >= 0.3 is 6.09 Å². The number of hydrogen-bond acceptors (Lipinski definition) is 3. The number of carbonyl (C=O) groups is 1. The van der Waals surface area contributed by atoms with Crippen LogP contribution in [0.2, 0.25) is 0 Å². The van der Waals surface area contributed by atoms with Crippen LogP contribution in [0.3, 0.4) is 0 Å². The first-order valence-corrected chi connectivity index (χ1v) is 11.4. The number of amides is 1. The fraction of sp³-hybridized carbons (Fsp3) is 0.167. The molecule has 1 N–H and O–H groups in total. The van der Waals surface area contributed by atoms with Crippen LogP contribution < -0.4 is 10.1 Å². The molecule has 0 aromatic heterocycles. The minimum absolute atomic E-state index is 0.520. The van der Waals surface area contributed by atoms with E-state index in [-0.39, 0.29) is 0 Å². The van der Waals surface area contributed by atoms with Gasteiger partial charge in [-0.05, 0) is 49.8 Å². The summed E-state index contributed by atoms with van der Waals surface area (Å²) in [5.74, 6) is 0.611. The Kier molecular flexibility index (Phi) is 5.37. The van der Waals surface area contributed by atoms with E-state index in [1.807, 2.05) is 81.4 Å². The second kappa shape index (κ2) is 8.38. The van der Waals surface area contributed by atoms with E-state index < -0.39 is 17.3 Å². The highest BCUT2D eigenvalue weighted by molar-refractivity contribution is 6.01. The maximum Gasteiger partial charge on any atom is 0.412 e. The lowest BCUT2D eigenvalue weighted by Crippen LogP contribution is -2.35. The van der Waals surface area contributed by atoms with Crippen LogP contribution in [0.5, 0.6) is 5.75 Å². The molecule has 0 radical (unpaired) electrons. The third-order valence-corrected chi connectivity index (χ3v) is 5.83. The molecule has 4 aromatic rings. The zero-order chi connectivity index (χ0) is 23.8. The van der Waals surface area contributed by atoms with Crippen LogP contribution >= 0.6 is 0 Å². The van der Waals surface area contributed by atoms with E-state index in [0.29, 0.717) is 11.4 Å². The standard InChI is InChI=1S/C30H27NO3/c1-29(2,3)34-28(32)31-26-20-21-12-10-11-17-24(21)25-18-19-30(33-27(25)26,22-13-6-4-7-14-22)23-15-8-5-9-16-23/h4-20H,1-3H3,(H,31,32). The van der Waals surface area contributed by atoms with E-state index in [2.05, 4.69) is 47.8 Å². The normalized spacial score (nSPS) is 14.2. The van der Waals surface area contributed by atoms with Crippen LogP contribution in [0.4, 0.5) is 10.5 Å². The topological polar surface area (TPSA) is 47.6 Å². The van der Waals surface area contributed by atoms with Gasteiger partial charge in [0.1, 0.15) is 5.60 Å². The lowest BCUT2D eigenvalue weighted by Gasteiger charge is -2.37. The van der Waals surface area contributed by atoms with Gasteiger partial charge in [0.15, 0.2) is 11.4 Å². The van der Waals surface area contributed by atoms with E-state index in [1.54, 1.807) is 0 Å². The number of carbonyl (C=O) groups excluding carboxylic acids is 1. The predicted molar refractivity (Wildman–Crippen MR) is 137 cm³/mol. The molecule has 34 heavy (non-hydrogen) atoms. The number of anilines is 1. The second-order valence-electron chi connectivity index (χ2n) is 9.42. The van der Waals surface area contributed by atoms with E-state index in [4.69, 9.17) is 9.47 Å². The van der Waals surface area contributed by atoms with Gasteiger partial charge in [-0.25, -0.2) is 4.79 Å². The van der Waals surface area contributed by atoms with E-state index >= 15 is 0 Å². The lowest BCUT2D eigenvalue weighted by molar-refractivity contribution is 0.0634. The Morgan fingerprint density at radius 1 is 0.853 bits per heavy atom. The van der Waals surface area contributed by atoms with E-state index in [9.17, 15) is 4.79 Å². The molecule has 0 unspecified atom stereocenters. The van der Waals surface area contributed by atoms with Gasteiger partial charge in [0.2, 0.25) is 0 Å². The summed E-state index contributed by atoms with van der Waals surface area (Å²) in [5.41, 5.74) is 2.04. The largest absolute Gasteiger partial charge is 0.471 e. The Morgan fingerprint density at radius 3 is 2.06 bits per heavy atom. The molecule has 0 atom stereocenters. The summed E-state index contributed by atoms with van der Waals surface area (Å²) in [4.78, 5) is 12.7. The molecule has 4 nitrogen and oxygen atoms in total. The fourth-order valence-corrected chi connectivity index (χ4v) is 4.38. The van der Waals surface area contributed by atoms with Crippen molar-refractivity contribution < 1.29 is 14.3 Å². The molecule has 5 rings (SSSR count). The van der Waals surface area contributed by atoms with Crippen molar-refractivity contribution in [3.05, 3.63) is 114 Å². The minimum atomic E-state index is -0.845. The lowest BCUT2D eigenvalue weighted by atomic mass is 9.83. The van der Waals surface area contributed by atoms with Gasteiger partial charge in [-0.2, -0.15) is 0 Å². The third-order valence-electron chi connectivity index (χ3n) is 5.83. The minimum Gasteiger partial charge on any atom is -0.471 e. The van der Waals surface area contributed by atoms with Crippen molar-refractivity contribution >= 4 is 28.6 Å². The Morgan fingerprint density at radius 2 is 1.44 bits per heavy atom. The van der Waals surface area contributed by atoms with Crippen LogP contribution in [0, 0.1) is 0 Å². The smallest absolute Gasteiger partial charge is 0.412 e. The molecule has 1 amide bonds. The predicted octanol–water partition coefficient (Wildman–Crippen LogP) is 7.54. The molecule has 170 valence electrons. The molecule has 0 spiro atoms. The molecule has 0 saturated carbocycles. The van der Waals surface area contributed by atoms with Crippen LogP contribution in [0.25, 0.3) is 16.8 Å². The molecule has 4 aromatic carbocycles. The number of fused-ring (bicyclic) bond motifs is 3. The first kappa shape index (κ1) is 21.8. The van der Waals surface area contributed by atoms with Crippen molar-refractivity contribution in [3.8, 4) is 5.75 Å². The average molecular weight is 450 g/mol. The second-order valence-corrected chi connectivity index (χ2v) is 9.42. The van der Waals surface area contributed by atoms with Gasteiger partial charge in [-0.3, -0.25) is 5.32 Å². The average Bonchev–Trinajstić information content (AvgIpc) is 2.84. The maximum atomic E-state index is 12.7. The number of benzene rings is 4. The molecule has 4 heteroatoms. The highest BCUT2D eigenvalue weighted by Gasteiger charge is 2.38. The SMILES string of the molecule is CC(C)(C)OC(=O)Nc1cc2ccccc2c2c1OC(c1ccccc1)(c1ccccc1)C=C2. The molecule has 1 aliphatic heterocycles. The van der Waals surface area contributed by atoms with Crippen LogP contribution in [0.1, 0.15) is 37.5 Å². The van der Waals surface area contributed by atoms with Crippen LogP contribution in [-0.2, 0) is 10.3 Å². The van der Waals surface area contributed by atoms with Gasteiger partial charge in [-0.15, -0.1) is 0 Å². The Balaban J connectivity index is 1.70. The van der Waals surface area contributed by atoms with Gasteiger partial charge < -0.3 is 9.47 Å². The molecule has 0 saturated heterocycles. The first-order valence-electron chi connectivity index (χ1n) is 11.4. The van der Waals surface area contributed by atoms with Gasteiger partial charge in [0.25, 0.3) is 0 Å². The van der Waals surface area contributed by atoms with Crippen molar-refractivity contribution in [2.75, 3.05) is 5.32 Å².